The van der Waals surface area contributed by atoms with Crippen LogP contribution in [0.3, 0.4) is 0 Å². The van der Waals surface area contributed by atoms with E-state index in [0.717, 1.165) is 10.4 Å². The maximum absolute atomic E-state index is 12.5. The number of amides is 1. The predicted molar refractivity (Wildman–Crippen MR) is 102 cm³/mol. The summed E-state index contributed by atoms with van der Waals surface area (Å²) < 4.78 is 25.7. The minimum atomic E-state index is -3.85. The van der Waals surface area contributed by atoms with E-state index in [-0.39, 0.29) is 26.3 Å². The Morgan fingerprint density at radius 2 is 1.69 bits per heavy atom. The Balaban J connectivity index is 2.44. The van der Waals surface area contributed by atoms with Crippen LogP contribution >= 0.6 is 23.2 Å². The van der Waals surface area contributed by atoms with Crippen molar-refractivity contribution in [3.8, 4) is 0 Å². The molecule has 2 rings (SSSR count). The lowest BCUT2D eigenvalue weighted by Gasteiger charge is -2.15. The van der Waals surface area contributed by atoms with E-state index >= 15 is 0 Å². The zero-order chi connectivity index (χ0) is 19.6. The molecule has 1 N–H and O–H groups in total. The lowest BCUT2D eigenvalue weighted by molar-refractivity contribution is 0.101. The molecule has 0 aromatic heterocycles. The van der Waals surface area contributed by atoms with E-state index < -0.39 is 15.9 Å². The van der Waals surface area contributed by atoms with Gasteiger partial charge in [-0.05, 0) is 31.2 Å². The van der Waals surface area contributed by atoms with Crippen molar-refractivity contribution >= 4 is 50.6 Å². The molecule has 2 aromatic carbocycles. The SMILES string of the molecule is CC(=O)c1cccc(NC(=O)c2cc(S(=O)(=O)N(C)C)c(Cl)cc2Cl)c1. The first-order valence-electron chi connectivity index (χ1n) is 7.38. The van der Waals surface area contributed by atoms with Crippen LogP contribution in [0.2, 0.25) is 10.0 Å². The molecule has 1 amide bonds. The van der Waals surface area contributed by atoms with Crippen molar-refractivity contribution in [1.29, 1.82) is 0 Å². The summed E-state index contributed by atoms with van der Waals surface area (Å²) in [4.78, 5) is 23.8. The normalized spacial score (nSPS) is 11.5. The summed E-state index contributed by atoms with van der Waals surface area (Å²) in [7, 11) is -1.14. The highest BCUT2D eigenvalue weighted by Gasteiger charge is 2.24. The number of anilines is 1. The van der Waals surface area contributed by atoms with E-state index in [1.54, 1.807) is 18.2 Å². The third-order valence-corrected chi connectivity index (χ3v) is 6.14. The molecule has 0 aliphatic rings. The molecule has 26 heavy (non-hydrogen) atoms. The van der Waals surface area contributed by atoms with Crippen LogP contribution in [0.1, 0.15) is 27.6 Å². The van der Waals surface area contributed by atoms with Gasteiger partial charge in [-0.25, -0.2) is 12.7 Å². The molecule has 0 radical (unpaired) electrons. The highest BCUT2D eigenvalue weighted by atomic mass is 35.5. The number of nitrogens with one attached hydrogen (secondary N) is 1. The molecule has 2 aromatic rings. The van der Waals surface area contributed by atoms with Crippen molar-refractivity contribution in [3.63, 3.8) is 0 Å². The molecule has 0 heterocycles. The minimum Gasteiger partial charge on any atom is -0.322 e. The summed E-state index contributed by atoms with van der Waals surface area (Å²) in [5.41, 5.74) is 0.760. The molecule has 0 unspecified atom stereocenters. The van der Waals surface area contributed by atoms with Gasteiger partial charge in [0.25, 0.3) is 5.91 Å². The van der Waals surface area contributed by atoms with E-state index in [2.05, 4.69) is 5.32 Å². The van der Waals surface area contributed by atoms with Crippen LogP contribution in [-0.2, 0) is 10.0 Å². The quantitative estimate of drug-likeness (QED) is 0.755. The Kier molecular flexibility index (Phi) is 6.08. The van der Waals surface area contributed by atoms with Gasteiger partial charge in [0, 0.05) is 25.3 Å². The van der Waals surface area contributed by atoms with E-state index in [0.29, 0.717) is 11.3 Å². The van der Waals surface area contributed by atoms with Gasteiger partial charge < -0.3 is 5.32 Å². The number of hydrogen-bond acceptors (Lipinski definition) is 4. The van der Waals surface area contributed by atoms with Gasteiger partial charge in [0.1, 0.15) is 4.90 Å². The second-order valence-electron chi connectivity index (χ2n) is 5.64. The number of halogens is 2. The number of carbonyl (C=O) groups excluding carboxylic acids is 2. The number of hydrogen-bond donors (Lipinski definition) is 1. The van der Waals surface area contributed by atoms with Gasteiger partial charge in [-0.15, -0.1) is 0 Å². The predicted octanol–water partition coefficient (Wildman–Crippen LogP) is 3.70. The van der Waals surface area contributed by atoms with E-state index in [1.807, 2.05) is 0 Å². The lowest BCUT2D eigenvalue weighted by atomic mass is 10.1. The molecule has 0 aliphatic heterocycles. The average molecular weight is 415 g/mol. The fourth-order valence-corrected chi connectivity index (χ4v) is 3.84. The monoisotopic (exact) mass is 414 g/mol. The molecule has 0 fully saturated rings. The van der Waals surface area contributed by atoms with Crippen LogP contribution in [-0.4, -0.2) is 38.5 Å². The van der Waals surface area contributed by atoms with Gasteiger partial charge >= 0.3 is 0 Å². The second kappa shape index (κ2) is 7.75. The Hall–Kier alpha value is -1.93. The number of sulfonamides is 1. The van der Waals surface area contributed by atoms with Gasteiger partial charge in [0.2, 0.25) is 10.0 Å². The summed E-state index contributed by atoms with van der Waals surface area (Å²) in [6.45, 7) is 1.41. The Morgan fingerprint density at radius 3 is 2.27 bits per heavy atom. The Morgan fingerprint density at radius 1 is 1.04 bits per heavy atom. The molecule has 0 aliphatic carbocycles. The molecule has 138 valence electrons. The van der Waals surface area contributed by atoms with Gasteiger partial charge in [-0.3, -0.25) is 9.59 Å². The number of nitrogens with zero attached hydrogens (tertiary/aromatic N) is 1. The largest absolute Gasteiger partial charge is 0.322 e. The molecule has 0 saturated carbocycles. The summed E-state index contributed by atoms with van der Waals surface area (Å²) in [5.74, 6) is -0.771. The van der Waals surface area contributed by atoms with Gasteiger partial charge in [-0.2, -0.15) is 0 Å². The number of rotatable bonds is 5. The maximum Gasteiger partial charge on any atom is 0.257 e. The van der Waals surface area contributed by atoms with Gasteiger partial charge in [0.05, 0.1) is 15.6 Å². The molecular formula is C17H16Cl2N2O4S. The zero-order valence-electron chi connectivity index (χ0n) is 14.2. The molecule has 9 heteroatoms. The van der Waals surface area contributed by atoms with Crippen LogP contribution < -0.4 is 5.32 Å². The van der Waals surface area contributed by atoms with Crippen molar-refractivity contribution < 1.29 is 18.0 Å². The molecule has 0 spiro atoms. The fourth-order valence-electron chi connectivity index (χ4n) is 2.11. The highest BCUT2D eigenvalue weighted by molar-refractivity contribution is 7.89. The van der Waals surface area contributed by atoms with E-state index in [4.69, 9.17) is 23.2 Å². The lowest BCUT2D eigenvalue weighted by Crippen LogP contribution is -2.23. The maximum atomic E-state index is 12.5. The second-order valence-corrected chi connectivity index (χ2v) is 8.58. The number of carbonyl (C=O) groups is 2. The van der Waals surface area contributed by atoms with Crippen molar-refractivity contribution in [2.75, 3.05) is 19.4 Å². The topological polar surface area (TPSA) is 83.5 Å². The number of ketones is 1. The smallest absolute Gasteiger partial charge is 0.257 e. The molecular weight excluding hydrogens is 399 g/mol. The molecule has 0 atom stereocenters. The third-order valence-electron chi connectivity index (χ3n) is 3.55. The first-order chi connectivity index (χ1) is 12.0. The van der Waals surface area contributed by atoms with Crippen molar-refractivity contribution in [2.24, 2.45) is 0 Å². The summed E-state index contributed by atoms with van der Waals surface area (Å²) in [6.07, 6.45) is 0. The van der Waals surface area contributed by atoms with Crippen molar-refractivity contribution in [2.45, 2.75) is 11.8 Å². The first kappa shape index (κ1) is 20.4. The minimum absolute atomic E-state index is 0.00734. The first-order valence-corrected chi connectivity index (χ1v) is 9.57. The van der Waals surface area contributed by atoms with Gasteiger partial charge in [0.15, 0.2) is 5.78 Å². The average Bonchev–Trinajstić information content (AvgIpc) is 2.54. The van der Waals surface area contributed by atoms with Crippen LogP contribution in [0.15, 0.2) is 41.3 Å². The van der Waals surface area contributed by atoms with Crippen LogP contribution in [0.5, 0.6) is 0 Å². The fraction of sp³-hybridized carbons (Fsp3) is 0.176. The summed E-state index contributed by atoms with van der Waals surface area (Å²) in [6, 6.07) is 8.70. The summed E-state index contributed by atoms with van der Waals surface area (Å²) >= 11 is 12.1. The highest BCUT2D eigenvalue weighted by Crippen LogP contribution is 2.30. The molecule has 0 bridgehead atoms. The van der Waals surface area contributed by atoms with Gasteiger partial charge in [-0.1, -0.05) is 35.3 Å². The summed E-state index contributed by atoms with van der Waals surface area (Å²) in [5, 5.41) is 2.52. The Bertz CT molecular complexity index is 988. The third kappa shape index (κ3) is 4.24. The van der Waals surface area contributed by atoms with Crippen LogP contribution in [0, 0.1) is 0 Å². The van der Waals surface area contributed by atoms with Crippen LogP contribution in [0.25, 0.3) is 0 Å². The molecule has 6 nitrogen and oxygen atoms in total. The zero-order valence-corrected chi connectivity index (χ0v) is 16.5. The van der Waals surface area contributed by atoms with Crippen molar-refractivity contribution in [3.05, 3.63) is 57.6 Å². The number of benzene rings is 2. The van der Waals surface area contributed by atoms with E-state index in [1.165, 1.54) is 33.2 Å². The molecule has 0 saturated heterocycles. The van der Waals surface area contributed by atoms with Crippen LogP contribution in [0.4, 0.5) is 5.69 Å². The number of Topliss-reactive ketones (excluding diaryl/α,β-unsaturated/α-hetero) is 1. The van der Waals surface area contributed by atoms with E-state index in [9.17, 15) is 18.0 Å². The standard InChI is InChI=1S/C17H16Cl2N2O4S/c1-10(22)11-5-4-6-12(7-11)20-17(23)13-8-16(15(19)9-14(13)18)26(24,25)21(2)3/h4-9H,1-3H3,(H,20,23). The van der Waals surface area contributed by atoms with Crippen molar-refractivity contribution in [1.82, 2.24) is 4.31 Å². The Labute approximate surface area is 161 Å².